The van der Waals surface area contributed by atoms with Crippen molar-refractivity contribution in [1.82, 2.24) is 5.32 Å². The molecule has 0 aliphatic heterocycles. The molecule has 2 N–H and O–H groups in total. The van der Waals surface area contributed by atoms with Gasteiger partial charge in [0.15, 0.2) is 0 Å². The minimum Gasteiger partial charge on any atom is -0.395 e. The van der Waals surface area contributed by atoms with Gasteiger partial charge in [-0.25, -0.2) is 0 Å². The minimum atomic E-state index is 0.0276. The maximum absolute atomic E-state index is 11.2. The third-order valence-electron chi connectivity index (χ3n) is 2.44. The van der Waals surface area contributed by atoms with Gasteiger partial charge in [0.05, 0.1) is 12.4 Å². The fourth-order valence-corrected chi connectivity index (χ4v) is 2.83. The van der Waals surface area contributed by atoms with Crippen LogP contribution in [0.2, 0.25) is 0 Å². The SMILES string of the molecule is O=C(CSC1CCCCC1)NCCO. The van der Waals surface area contributed by atoms with Gasteiger partial charge in [0.1, 0.15) is 0 Å². The van der Waals surface area contributed by atoms with Gasteiger partial charge >= 0.3 is 0 Å². The molecule has 82 valence electrons. The van der Waals surface area contributed by atoms with Crippen LogP contribution in [-0.2, 0) is 4.79 Å². The van der Waals surface area contributed by atoms with Crippen LogP contribution in [0.3, 0.4) is 0 Å². The lowest BCUT2D eigenvalue weighted by Gasteiger charge is -2.20. The van der Waals surface area contributed by atoms with Crippen molar-refractivity contribution in [3.05, 3.63) is 0 Å². The highest BCUT2D eigenvalue weighted by Gasteiger charge is 2.14. The molecular weight excluding hydrogens is 198 g/mol. The zero-order valence-corrected chi connectivity index (χ0v) is 9.31. The summed E-state index contributed by atoms with van der Waals surface area (Å²) in [7, 11) is 0. The van der Waals surface area contributed by atoms with E-state index in [9.17, 15) is 4.79 Å². The molecule has 1 aliphatic rings. The molecule has 0 aromatic heterocycles. The van der Waals surface area contributed by atoms with E-state index in [4.69, 9.17) is 5.11 Å². The summed E-state index contributed by atoms with van der Waals surface area (Å²) in [6.07, 6.45) is 6.51. The van der Waals surface area contributed by atoms with Crippen LogP contribution in [-0.4, -0.2) is 35.2 Å². The van der Waals surface area contributed by atoms with Crippen molar-refractivity contribution in [3.8, 4) is 0 Å². The van der Waals surface area contributed by atoms with Crippen molar-refractivity contribution in [2.75, 3.05) is 18.9 Å². The predicted molar refractivity (Wildman–Crippen MR) is 59.4 cm³/mol. The Morgan fingerprint density at radius 3 is 2.71 bits per heavy atom. The van der Waals surface area contributed by atoms with Crippen molar-refractivity contribution in [2.24, 2.45) is 0 Å². The Bertz CT molecular complexity index is 170. The first-order chi connectivity index (χ1) is 6.83. The lowest BCUT2D eigenvalue weighted by atomic mass is 10.0. The predicted octanol–water partition coefficient (Wildman–Crippen LogP) is 1.16. The molecule has 0 aromatic rings. The molecule has 14 heavy (non-hydrogen) atoms. The number of carbonyl (C=O) groups excluding carboxylic acids is 1. The second-order valence-corrected chi connectivity index (χ2v) is 4.93. The fraction of sp³-hybridized carbons (Fsp3) is 0.900. The molecule has 0 radical (unpaired) electrons. The highest BCUT2D eigenvalue weighted by molar-refractivity contribution is 8.00. The number of hydrogen-bond donors (Lipinski definition) is 2. The maximum atomic E-state index is 11.2. The fourth-order valence-electron chi connectivity index (χ4n) is 1.67. The third kappa shape index (κ3) is 4.86. The number of hydrogen-bond acceptors (Lipinski definition) is 3. The molecule has 0 atom stereocenters. The molecule has 3 nitrogen and oxygen atoms in total. The number of carbonyl (C=O) groups is 1. The molecule has 1 fully saturated rings. The summed E-state index contributed by atoms with van der Waals surface area (Å²) in [5.74, 6) is 0.597. The van der Waals surface area contributed by atoms with Crippen LogP contribution >= 0.6 is 11.8 Å². The molecule has 0 heterocycles. The minimum absolute atomic E-state index is 0.0276. The molecule has 0 spiro atoms. The average Bonchev–Trinajstić information content (AvgIpc) is 2.25. The number of thioether (sulfide) groups is 1. The van der Waals surface area contributed by atoms with Crippen molar-refractivity contribution >= 4 is 17.7 Å². The van der Waals surface area contributed by atoms with Crippen LogP contribution in [0.1, 0.15) is 32.1 Å². The second-order valence-electron chi connectivity index (χ2n) is 3.64. The highest BCUT2D eigenvalue weighted by Crippen LogP contribution is 2.27. The molecule has 1 aliphatic carbocycles. The van der Waals surface area contributed by atoms with E-state index in [0.717, 1.165) is 0 Å². The van der Waals surface area contributed by atoms with Crippen LogP contribution in [0.5, 0.6) is 0 Å². The Labute approximate surface area is 89.6 Å². The molecule has 0 bridgehead atoms. The van der Waals surface area contributed by atoms with E-state index in [1.165, 1.54) is 32.1 Å². The first kappa shape index (κ1) is 11.9. The van der Waals surface area contributed by atoms with E-state index in [1.54, 1.807) is 11.8 Å². The van der Waals surface area contributed by atoms with Crippen LogP contribution in [0.4, 0.5) is 0 Å². The quantitative estimate of drug-likeness (QED) is 0.726. The first-order valence-electron chi connectivity index (χ1n) is 5.32. The molecule has 1 saturated carbocycles. The van der Waals surface area contributed by atoms with E-state index >= 15 is 0 Å². The number of aliphatic hydroxyl groups is 1. The highest BCUT2D eigenvalue weighted by atomic mass is 32.2. The summed E-state index contributed by atoms with van der Waals surface area (Å²) in [6.45, 7) is 0.407. The van der Waals surface area contributed by atoms with E-state index in [2.05, 4.69) is 5.32 Å². The number of nitrogens with one attached hydrogen (secondary N) is 1. The Kier molecular flexibility index (Phi) is 6.03. The van der Waals surface area contributed by atoms with Crippen LogP contribution in [0, 0.1) is 0 Å². The van der Waals surface area contributed by atoms with Gasteiger partial charge in [-0.2, -0.15) is 0 Å². The Balaban J connectivity index is 2.03. The van der Waals surface area contributed by atoms with Gasteiger partial charge in [0.25, 0.3) is 0 Å². The Morgan fingerprint density at radius 2 is 2.07 bits per heavy atom. The van der Waals surface area contributed by atoms with Gasteiger partial charge in [0, 0.05) is 11.8 Å². The lowest BCUT2D eigenvalue weighted by molar-refractivity contribution is -0.118. The number of rotatable bonds is 5. The molecular formula is C10H19NO2S. The van der Waals surface area contributed by atoms with Gasteiger partial charge < -0.3 is 10.4 Å². The van der Waals surface area contributed by atoms with Gasteiger partial charge in [0.2, 0.25) is 5.91 Å². The summed E-state index contributed by atoms with van der Waals surface area (Å²) in [4.78, 5) is 11.2. The van der Waals surface area contributed by atoms with Crippen LogP contribution in [0.15, 0.2) is 0 Å². The number of aliphatic hydroxyl groups excluding tert-OH is 1. The zero-order valence-electron chi connectivity index (χ0n) is 8.50. The van der Waals surface area contributed by atoms with Crippen molar-refractivity contribution in [3.63, 3.8) is 0 Å². The van der Waals surface area contributed by atoms with Crippen molar-refractivity contribution in [2.45, 2.75) is 37.4 Å². The summed E-state index contributed by atoms with van der Waals surface area (Å²) in [6, 6.07) is 0. The molecule has 0 aromatic carbocycles. The molecule has 1 rings (SSSR count). The third-order valence-corrected chi connectivity index (χ3v) is 3.81. The van der Waals surface area contributed by atoms with E-state index in [0.29, 0.717) is 17.5 Å². The van der Waals surface area contributed by atoms with Gasteiger partial charge in [-0.3, -0.25) is 4.79 Å². The van der Waals surface area contributed by atoms with E-state index in [-0.39, 0.29) is 12.5 Å². The van der Waals surface area contributed by atoms with E-state index < -0.39 is 0 Å². The Hall–Kier alpha value is -0.220. The lowest BCUT2D eigenvalue weighted by Crippen LogP contribution is -2.28. The summed E-state index contributed by atoms with van der Waals surface area (Å²) in [5, 5.41) is 11.9. The molecule has 1 amide bonds. The maximum Gasteiger partial charge on any atom is 0.230 e. The monoisotopic (exact) mass is 217 g/mol. The molecule has 0 saturated heterocycles. The first-order valence-corrected chi connectivity index (χ1v) is 6.37. The second kappa shape index (κ2) is 7.12. The smallest absolute Gasteiger partial charge is 0.230 e. The van der Waals surface area contributed by atoms with Crippen molar-refractivity contribution < 1.29 is 9.90 Å². The zero-order chi connectivity index (χ0) is 10.2. The van der Waals surface area contributed by atoms with Crippen molar-refractivity contribution in [1.29, 1.82) is 0 Å². The normalized spacial score (nSPS) is 18.1. The van der Waals surface area contributed by atoms with Gasteiger partial charge in [-0.1, -0.05) is 19.3 Å². The molecule has 0 unspecified atom stereocenters. The largest absolute Gasteiger partial charge is 0.395 e. The Morgan fingerprint density at radius 1 is 1.36 bits per heavy atom. The van der Waals surface area contributed by atoms with E-state index in [1.807, 2.05) is 0 Å². The van der Waals surface area contributed by atoms with Crippen LogP contribution < -0.4 is 5.32 Å². The molecule has 4 heteroatoms. The standard InChI is InChI=1S/C10H19NO2S/c12-7-6-11-10(13)8-14-9-4-2-1-3-5-9/h9,12H,1-8H2,(H,11,13). The van der Waals surface area contributed by atoms with Gasteiger partial charge in [-0.15, -0.1) is 11.8 Å². The van der Waals surface area contributed by atoms with Gasteiger partial charge in [-0.05, 0) is 12.8 Å². The summed E-state index contributed by atoms with van der Waals surface area (Å²) in [5.41, 5.74) is 0. The summed E-state index contributed by atoms with van der Waals surface area (Å²) >= 11 is 1.76. The topological polar surface area (TPSA) is 49.3 Å². The van der Waals surface area contributed by atoms with Crippen LogP contribution in [0.25, 0.3) is 0 Å². The summed E-state index contributed by atoms with van der Waals surface area (Å²) < 4.78 is 0. The average molecular weight is 217 g/mol. The number of amides is 1.